The van der Waals surface area contributed by atoms with E-state index in [1.807, 2.05) is 0 Å². The standard InChI is InChI=1S/C23H35N5O8/c1-3-12(2)19(22(34)27-17(23(35)36)10-13-4-6-14(30)7-5-13)28-21(33)16(8-9-18(25)31)26-20(32)15(24)11-29/h4-7,12,15-17,19,29-30H,3,8-11,24H2,1-2H3,(H2,25,31)(H,26,32)(H,27,34)(H,28,33)(H,35,36). The molecule has 4 amide bonds. The molecule has 0 bridgehead atoms. The highest BCUT2D eigenvalue weighted by atomic mass is 16.4. The molecule has 13 nitrogen and oxygen atoms in total. The van der Waals surface area contributed by atoms with Gasteiger partial charge in [0.05, 0.1) is 6.61 Å². The van der Waals surface area contributed by atoms with Crippen molar-refractivity contribution in [2.24, 2.45) is 17.4 Å². The lowest BCUT2D eigenvalue weighted by Gasteiger charge is -2.28. The summed E-state index contributed by atoms with van der Waals surface area (Å²) in [7, 11) is 0. The summed E-state index contributed by atoms with van der Waals surface area (Å²) in [4.78, 5) is 61.2. The first-order valence-corrected chi connectivity index (χ1v) is 11.5. The molecule has 0 spiro atoms. The lowest BCUT2D eigenvalue weighted by Crippen LogP contribution is -2.59. The van der Waals surface area contributed by atoms with Crippen LogP contribution in [0.5, 0.6) is 5.75 Å². The second-order valence-electron chi connectivity index (χ2n) is 8.50. The summed E-state index contributed by atoms with van der Waals surface area (Å²) in [6.07, 6.45) is -0.0558. The maximum absolute atomic E-state index is 13.1. The molecule has 10 N–H and O–H groups in total. The third-order valence-electron chi connectivity index (χ3n) is 5.63. The molecule has 5 atom stereocenters. The molecule has 200 valence electrons. The van der Waals surface area contributed by atoms with Gasteiger partial charge in [-0.25, -0.2) is 4.79 Å². The largest absolute Gasteiger partial charge is 0.508 e. The van der Waals surface area contributed by atoms with E-state index in [9.17, 15) is 34.2 Å². The molecule has 5 unspecified atom stereocenters. The van der Waals surface area contributed by atoms with Crippen LogP contribution in [0.2, 0.25) is 0 Å². The zero-order valence-electron chi connectivity index (χ0n) is 20.3. The number of rotatable bonds is 15. The summed E-state index contributed by atoms with van der Waals surface area (Å²) < 4.78 is 0. The minimum atomic E-state index is -1.32. The number of phenolic OH excluding ortho intramolecular Hbond substituents is 1. The van der Waals surface area contributed by atoms with Gasteiger partial charge in [0.15, 0.2) is 0 Å². The zero-order valence-corrected chi connectivity index (χ0v) is 20.3. The van der Waals surface area contributed by atoms with Gasteiger partial charge in [-0.3, -0.25) is 19.2 Å². The Morgan fingerprint density at radius 2 is 1.53 bits per heavy atom. The second kappa shape index (κ2) is 14.6. The van der Waals surface area contributed by atoms with E-state index < -0.39 is 66.3 Å². The Kier molecular flexibility index (Phi) is 12.3. The molecule has 1 rings (SSSR count). The van der Waals surface area contributed by atoms with E-state index in [1.54, 1.807) is 13.8 Å². The average molecular weight is 510 g/mol. The Morgan fingerprint density at radius 1 is 0.944 bits per heavy atom. The van der Waals surface area contributed by atoms with Crippen LogP contribution in [0.1, 0.15) is 38.7 Å². The molecule has 0 saturated carbocycles. The number of aliphatic carboxylic acids is 1. The number of phenols is 1. The van der Waals surface area contributed by atoms with Crippen LogP contribution in [0.15, 0.2) is 24.3 Å². The Balaban J connectivity index is 3.05. The summed E-state index contributed by atoms with van der Waals surface area (Å²) in [5.74, 6) is -4.84. The average Bonchev–Trinajstić information content (AvgIpc) is 2.84. The number of carboxylic acids is 1. The van der Waals surface area contributed by atoms with Gasteiger partial charge in [-0.2, -0.15) is 0 Å². The van der Waals surface area contributed by atoms with Crippen molar-refractivity contribution in [3.05, 3.63) is 29.8 Å². The molecule has 1 aromatic carbocycles. The number of nitrogens with two attached hydrogens (primary N) is 2. The maximum atomic E-state index is 13.1. The summed E-state index contributed by atoms with van der Waals surface area (Å²) in [6, 6.07) is 0.751. The summed E-state index contributed by atoms with van der Waals surface area (Å²) in [5, 5.41) is 35.4. The van der Waals surface area contributed by atoms with E-state index in [-0.39, 0.29) is 25.0 Å². The van der Waals surface area contributed by atoms with Crippen molar-refractivity contribution in [1.29, 1.82) is 0 Å². The van der Waals surface area contributed by atoms with Crippen LogP contribution in [0.4, 0.5) is 0 Å². The molecule has 13 heteroatoms. The van der Waals surface area contributed by atoms with Crippen LogP contribution in [0.25, 0.3) is 0 Å². The summed E-state index contributed by atoms with van der Waals surface area (Å²) in [6.45, 7) is 2.78. The SMILES string of the molecule is CCC(C)C(NC(=O)C(CCC(N)=O)NC(=O)C(N)CO)C(=O)NC(Cc1ccc(O)cc1)C(=O)O. The van der Waals surface area contributed by atoms with Crippen molar-refractivity contribution in [3.63, 3.8) is 0 Å². The van der Waals surface area contributed by atoms with Crippen molar-refractivity contribution in [2.45, 2.75) is 63.7 Å². The van der Waals surface area contributed by atoms with Crippen molar-refractivity contribution in [3.8, 4) is 5.75 Å². The molecule has 0 saturated heterocycles. The van der Waals surface area contributed by atoms with E-state index in [2.05, 4.69) is 16.0 Å². The smallest absolute Gasteiger partial charge is 0.326 e. The van der Waals surface area contributed by atoms with Crippen LogP contribution in [-0.2, 0) is 30.4 Å². The Labute approximate surface area is 208 Å². The molecule has 0 fully saturated rings. The third kappa shape index (κ3) is 9.88. The van der Waals surface area contributed by atoms with Crippen molar-refractivity contribution >= 4 is 29.6 Å². The quantitative estimate of drug-likeness (QED) is 0.132. The monoisotopic (exact) mass is 509 g/mol. The number of carboxylic acid groups (broad SMARTS) is 1. The van der Waals surface area contributed by atoms with Crippen LogP contribution in [-0.4, -0.2) is 75.7 Å². The molecular formula is C23H35N5O8. The molecule has 0 radical (unpaired) electrons. The van der Waals surface area contributed by atoms with E-state index >= 15 is 0 Å². The summed E-state index contributed by atoms with van der Waals surface area (Å²) >= 11 is 0. The number of aliphatic hydroxyl groups excluding tert-OH is 1. The lowest BCUT2D eigenvalue weighted by atomic mass is 9.96. The van der Waals surface area contributed by atoms with E-state index in [1.165, 1.54) is 24.3 Å². The zero-order chi connectivity index (χ0) is 27.4. The van der Waals surface area contributed by atoms with Gasteiger partial charge in [0.25, 0.3) is 0 Å². The fourth-order valence-electron chi connectivity index (χ4n) is 3.20. The van der Waals surface area contributed by atoms with Gasteiger partial charge in [-0.05, 0) is 30.0 Å². The number of nitrogens with one attached hydrogen (secondary N) is 3. The van der Waals surface area contributed by atoms with Crippen LogP contribution in [0.3, 0.4) is 0 Å². The van der Waals surface area contributed by atoms with Crippen molar-refractivity contribution in [1.82, 2.24) is 16.0 Å². The number of primary amides is 1. The Morgan fingerprint density at radius 3 is 2.03 bits per heavy atom. The Bertz CT molecular complexity index is 924. The Hall–Kier alpha value is -3.71. The fourth-order valence-corrected chi connectivity index (χ4v) is 3.20. The minimum Gasteiger partial charge on any atom is -0.508 e. The molecule has 36 heavy (non-hydrogen) atoms. The molecule has 0 aliphatic carbocycles. The van der Waals surface area contributed by atoms with Crippen LogP contribution in [0, 0.1) is 5.92 Å². The molecule has 0 aliphatic heterocycles. The predicted molar refractivity (Wildman–Crippen MR) is 128 cm³/mol. The molecule has 1 aromatic rings. The number of aliphatic hydroxyl groups is 1. The first-order valence-electron chi connectivity index (χ1n) is 11.5. The van der Waals surface area contributed by atoms with Crippen LogP contribution < -0.4 is 27.4 Å². The minimum absolute atomic E-state index is 0.00660. The highest BCUT2D eigenvalue weighted by molar-refractivity contribution is 5.94. The first-order chi connectivity index (χ1) is 16.9. The topological polar surface area (TPSA) is 234 Å². The van der Waals surface area contributed by atoms with Gasteiger partial charge in [0, 0.05) is 12.8 Å². The normalized spacial score (nSPS) is 15.0. The highest BCUT2D eigenvalue weighted by Crippen LogP contribution is 2.13. The molecular weight excluding hydrogens is 474 g/mol. The number of amides is 4. The summed E-state index contributed by atoms with van der Waals surface area (Å²) in [5.41, 5.74) is 11.2. The molecule has 0 aromatic heterocycles. The van der Waals surface area contributed by atoms with Crippen molar-refractivity contribution < 1.29 is 39.3 Å². The van der Waals surface area contributed by atoms with Gasteiger partial charge in [0.2, 0.25) is 23.6 Å². The van der Waals surface area contributed by atoms with E-state index in [4.69, 9.17) is 16.6 Å². The van der Waals surface area contributed by atoms with E-state index in [0.717, 1.165) is 0 Å². The van der Waals surface area contributed by atoms with Gasteiger partial charge in [-0.1, -0.05) is 32.4 Å². The third-order valence-corrected chi connectivity index (χ3v) is 5.63. The maximum Gasteiger partial charge on any atom is 0.326 e. The van der Waals surface area contributed by atoms with E-state index in [0.29, 0.717) is 12.0 Å². The number of benzene rings is 1. The number of carbonyl (C=O) groups is 5. The predicted octanol–water partition coefficient (Wildman–Crippen LogP) is -1.90. The van der Waals surface area contributed by atoms with Gasteiger partial charge in [0.1, 0.15) is 29.9 Å². The second-order valence-corrected chi connectivity index (χ2v) is 8.50. The van der Waals surface area contributed by atoms with Gasteiger partial charge >= 0.3 is 5.97 Å². The number of aromatic hydroxyl groups is 1. The fraction of sp³-hybridized carbons (Fsp3) is 0.522. The first kappa shape index (κ1) is 30.3. The molecule has 0 heterocycles. The van der Waals surface area contributed by atoms with Crippen LogP contribution >= 0.6 is 0 Å². The van der Waals surface area contributed by atoms with Gasteiger partial charge < -0.3 is 42.7 Å². The molecule has 0 aliphatic rings. The highest BCUT2D eigenvalue weighted by Gasteiger charge is 2.33. The van der Waals surface area contributed by atoms with Gasteiger partial charge in [-0.15, -0.1) is 0 Å². The number of carbonyl (C=O) groups excluding carboxylic acids is 4. The number of hydrogen-bond acceptors (Lipinski definition) is 8. The lowest BCUT2D eigenvalue weighted by molar-refractivity contribution is -0.142. The van der Waals surface area contributed by atoms with Crippen molar-refractivity contribution in [2.75, 3.05) is 6.61 Å². The number of hydrogen-bond donors (Lipinski definition) is 8.